The van der Waals surface area contributed by atoms with Crippen LogP contribution < -0.4 is 24.8 Å². The van der Waals surface area contributed by atoms with Crippen molar-refractivity contribution in [3.63, 3.8) is 0 Å². The van der Waals surface area contributed by atoms with E-state index in [1.54, 1.807) is 18.5 Å². The number of H-pyrrole nitrogens is 1. The number of hydrogen-bond donors (Lipinski definition) is 3. The Kier molecular flexibility index (Phi) is 9.31. The number of aromatic nitrogens is 2. The Bertz CT molecular complexity index is 1340. The van der Waals surface area contributed by atoms with Crippen LogP contribution in [0.5, 0.6) is 17.2 Å². The fourth-order valence-electron chi connectivity index (χ4n) is 5.99. The minimum Gasteiger partial charge on any atom is -0.490 e. The largest absolute Gasteiger partial charge is 0.490 e. The van der Waals surface area contributed by atoms with Gasteiger partial charge in [-0.3, -0.25) is 9.59 Å². The highest BCUT2D eigenvalue weighted by Gasteiger charge is 2.43. The van der Waals surface area contributed by atoms with Crippen LogP contribution in [0.2, 0.25) is 0 Å². The number of aromatic amines is 1. The number of amides is 2. The normalized spacial score (nSPS) is 16.4. The summed E-state index contributed by atoms with van der Waals surface area (Å²) in [5, 5.41) is 6.72. The Balaban J connectivity index is 1.37. The van der Waals surface area contributed by atoms with Crippen molar-refractivity contribution in [1.82, 2.24) is 25.5 Å². The van der Waals surface area contributed by atoms with Gasteiger partial charge in [-0.25, -0.2) is 4.98 Å². The predicted octanol–water partition coefficient (Wildman–Crippen LogP) is 3.61. The molecule has 2 aliphatic rings. The van der Waals surface area contributed by atoms with Crippen molar-refractivity contribution in [1.29, 1.82) is 0 Å². The summed E-state index contributed by atoms with van der Waals surface area (Å²) in [6.07, 6.45) is 4.58. The molecule has 1 atom stereocenters. The van der Waals surface area contributed by atoms with Gasteiger partial charge in [-0.2, -0.15) is 0 Å². The van der Waals surface area contributed by atoms with E-state index in [-0.39, 0.29) is 17.4 Å². The average Bonchev–Trinajstić information content (AvgIpc) is 3.50. The molecule has 1 saturated heterocycles. The summed E-state index contributed by atoms with van der Waals surface area (Å²) in [7, 11) is 0. The van der Waals surface area contributed by atoms with Gasteiger partial charge in [0.05, 0.1) is 37.4 Å². The molecule has 1 spiro atoms. The molecule has 42 heavy (non-hydrogen) atoms. The van der Waals surface area contributed by atoms with Crippen molar-refractivity contribution < 1.29 is 23.8 Å². The molecule has 2 amide bonds. The SMILES string of the molecule is CCOc1cc(C(=O)N[C@H](Cc2ccccc2)C(=O)N2CCC3(CC2)NCCc2[nH]cnc23)cc(OCC)c1OCC. The summed E-state index contributed by atoms with van der Waals surface area (Å²) in [5.74, 6) is 0.855. The number of nitrogens with one attached hydrogen (secondary N) is 3. The zero-order chi connectivity index (χ0) is 29.5. The summed E-state index contributed by atoms with van der Waals surface area (Å²) in [6, 6.07) is 12.3. The van der Waals surface area contributed by atoms with E-state index in [9.17, 15) is 9.59 Å². The van der Waals surface area contributed by atoms with Crippen LogP contribution in [0.1, 0.15) is 60.9 Å². The van der Waals surface area contributed by atoms with Gasteiger partial charge in [0.15, 0.2) is 11.5 Å². The molecule has 3 aromatic rings. The molecule has 3 N–H and O–H groups in total. The topological polar surface area (TPSA) is 118 Å². The van der Waals surface area contributed by atoms with Gasteiger partial charge in [-0.1, -0.05) is 30.3 Å². The molecule has 224 valence electrons. The molecule has 0 aliphatic carbocycles. The van der Waals surface area contributed by atoms with E-state index < -0.39 is 6.04 Å². The van der Waals surface area contributed by atoms with E-state index in [0.29, 0.717) is 62.1 Å². The Labute approximate surface area is 247 Å². The van der Waals surface area contributed by atoms with Gasteiger partial charge in [0.2, 0.25) is 11.7 Å². The minimum absolute atomic E-state index is 0.0962. The summed E-state index contributed by atoms with van der Waals surface area (Å²) in [5.41, 5.74) is 3.33. The van der Waals surface area contributed by atoms with Crippen molar-refractivity contribution in [2.75, 3.05) is 39.5 Å². The number of fused-ring (bicyclic) bond motifs is 2. The Morgan fingerprint density at radius 2 is 1.67 bits per heavy atom. The Morgan fingerprint density at radius 3 is 2.31 bits per heavy atom. The molecule has 0 radical (unpaired) electrons. The molecule has 2 aromatic carbocycles. The molecule has 0 bridgehead atoms. The monoisotopic (exact) mass is 575 g/mol. The highest BCUT2D eigenvalue weighted by atomic mass is 16.5. The zero-order valence-corrected chi connectivity index (χ0v) is 24.7. The summed E-state index contributed by atoms with van der Waals surface area (Å²) in [4.78, 5) is 37.5. The number of carbonyl (C=O) groups excluding carboxylic acids is 2. The van der Waals surface area contributed by atoms with Crippen LogP contribution in [0.3, 0.4) is 0 Å². The minimum atomic E-state index is -0.744. The van der Waals surface area contributed by atoms with Gasteiger partial charge in [0.25, 0.3) is 5.91 Å². The Hall–Kier alpha value is -4.05. The number of nitrogens with zero attached hydrogens (tertiary/aromatic N) is 2. The van der Waals surface area contributed by atoms with Gasteiger partial charge in [-0.15, -0.1) is 0 Å². The number of carbonyl (C=O) groups is 2. The van der Waals surface area contributed by atoms with Crippen LogP contribution in [-0.2, 0) is 23.2 Å². The lowest BCUT2D eigenvalue weighted by Crippen LogP contribution is -2.58. The third-order valence-electron chi connectivity index (χ3n) is 8.00. The number of rotatable bonds is 11. The maximum Gasteiger partial charge on any atom is 0.252 e. The maximum absolute atomic E-state index is 14.0. The lowest BCUT2D eigenvalue weighted by Gasteiger charge is -2.44. The van der Waals surface area contributed by atoms with Gasteiger partial charge in [-0.05, 0) is 51.3 Å². The number of benzene rings is 2. The zero-order valence-electron chi connectivity index (χ0n) is 24.7. The number of imidazole rings is 1. The van der Waals surface area contributed by atoms with Gasteiger partial charge in [0, 0.05) is 43.7 Å². The summed E-state index contributed by atoms with van der Waals surface area (Å²) >= 11 is 0. The number of likely N-dealkylation sites (tertiary alicyclic amines) is 1. The second-order valence-electron chi connectivity index (χ2n) is 10.6. The number of ether oxygens (including phenoxy) is 3. The standard InChI is InChI=1S/C32H41N5O5/c1-4-40-26-19-23(20-27(41-5-2)28(26)42-6-3)30(38)36-25(18-22-10-8-7-9-11-22)31(39)37-16-13-32(14-17-37)29-24(12-15-35-32)33-21-34-29/h7-11,19-21,25,35H,4-6,12-18H2,1-3H3,(H,33,34)(H,36,38)/t25-/m1/s1. The fourth-order valence-corrected chi connectivity index (χ4v) is 5.99. The van der Waals surface area contributed by atoms with Crippen LogP contribution >= 0.6 is 0 Å². The first kappa shape index (κ1) is 29.4. The molecule has 2 aliphatic heterocycles. The fraction of sp³-hybridized carbons (Fsp3) is 0.469. The van der Waals surface area contributed by atoms with E-state index in [1.807, 2.05) is 56.0 Å². The van der Waals surface area contributed by atoms with Crippen molar-refractivity contribution in [2.24, 2.45) is 0 Å². The van der Waals surface area contributed by atoms with Crippen LogP contribution in [-0.4, -0.2) is 72.2 Å². The van der Waals surface area contributed by atoms with E-state index in [4.69, 9.17) is 14.2 Å². The van der Waals surface area contributed by atoms with Gasteiger partial charge >= 0.3 is 0 Å². The van der Waals surface area contributed by atoms with Crippen molar-refractivity contribution in [2.45, 2.75) is 58.0 Å². The molecule has 0 saturated carbocycles. The highest BCUT2D eigenvalue weighted by molar-refractivity contribution is 5.98. The first-order chi connectivity index (χ1) is 20.5. The van der Waals surface area contributed by atoms with Crippen LogP contribution in [0.4, 0.5) is 0 Å². The third kappa shape index (κ3) is 6.23. The quantitative estimate of drug-likeness (QED) is 0.320. The smallest absolute Gasteiger partial charge is 0.252 e. The maximum atomic E-state index is 14.0. The van der Waals surface area contributed by atoms with E-state index in [2.05, 4.69) is 20.6 Å². The molecule has 10 nitrogen and oxygen atoms in total. The first-order valence-corrected chi connectivity index (χ1v) is 15.0. The van der Waals surface area contributed by atoms with Crippen molar-refractivity contribution >= 4 is 11.8 Å². The van der Waals surface area contributed by atoms with Crippen molar-refractivity contribution in [3.8, 4) is 17.2 Å². The Morgan fingerprint density at radius 1 is 1.00 bits per heavy atom. The number of hydrogen-bond acceptors (Lipinski definition) is 7. The summed E-state index contributed by atoms with van der Waals surface area (Å²) < 4.78 is 17.4. The van der Waals surface area contributed by atoms with Crippen LogP contribution in [0.15, 0.2) is 48.8 Å². The molecular weight excluding hydrogens is 534 g/mol. The lowest BCUT2D eigenvalue weighted by molar-refractivity contribution is -0.135. The van der Waals surface area contributed by atoms with E-state index >= 15 is 0 Å². The third-order valence-corrected chi connectivity index (χ3v) is 8.00. The molecule has 10 heteroatoms. The molecule has 3 heterocycles. The van der Waals surface area contributed by atoms with Crippen LogP contribution in [0, 0.1) is 0 Å². The second kappa shape index (κ2) is 13.3. The molecule has 5 rings (SSSR count). The first-order valence-electron chi connectivity index (χ1n) is 15.0. The molecule has 0 unspecified atom stereocenters. The average molecular weight is 576 g/mol. The van der Waals surface area contributed by atoms with Gasteiger partial charge in [0.1, 0.15) is 6.04 Å². The van der Waals surface area contributed by atoms with Gasteiger partial charge < -0.3 is 34.7 Å². The molecular formula is C32H41N5O5. The second-order valence-corrected chi connectivity index (χ2v) is 10.6. The summed E-state index contributed by atoms with van der Waals surface area (Å²) in [6.45, 7) is 8.88. The lowest BCUT2D eigenvalue weighted by atomic mass is 9.80. The van der Waals surface area contributed by atoms with Crippen LogP contribution in [0.25, 0.3) is 0 Å². The van der Waals surface area contributed by atoms with E-state index in [0.717, 1.165) is 37.1 Å². The highest BCUT2D eigenvalue weighted by Crippen LogP contribution is 2.39. The molecule has 1 aromatic heterocycles. The molecule has 1 fully saturated rings. The van der Waals surface area contributed by atoms with E-state index in [1.165, 1.54) is 5.69 Å². The predicted molar refractivity (Wildman–Crippen MR) is 159 cm³/mol. The number of piperidine rings is 1. The van der Waals surface area contributed by atoms with Crippen molar-refractivity contribution in [3.05, 3.63) is 71.3 Å².